The molecule has 6 nitrogen and oxygen atoms in total. The van der Waals surface area contributed by atoms with Gasteiger partial charge in [-0.2, -0.15) is 0 Å². The van der Waals surface area contributed by atoms with Crippen LogP contribution in [0.25, 0.3) is 0 Å². The molecular weight excluding hydrogens is 454 g/mol. The Balaban J connectivity index is 1.42. The predicted molar refractivity (Wildman–Crippen MR) is 132 cm³/mol. The molecule has 8 heteroatoms. The Morgan fingerprint density at radius 1 is 1.12 bits per heavy atom. The van der Waals surface area contributed by atoms with Gasteiger partial charge in [0.2, 0.25) is 5.91 Å². The minimum atomic E-state index is -3.24. The van der Waals surface area contributed by atoms with Crippen LogP contribution in [-0.2, 0) is 34.1 Å². The van der Waals surface area contributed by atoms with Gasteiger partial charge in [-0.25, -0.2) is 13.4 Å². The van der Waals surface area contributed by atoms with Crippen LogP contribution in [-0.4, -0.2) is 30.0 Å². The zero-order valence-corrected chi connectivity index (χ0v) is 20.7. The number of nitrogens with zero attached hydrogens (tertiary/aromatic N) is 2. The number of thiazole rings is 1. The molecule has 4 rings (SSSR count). The van der Waals surface area contributed by atoms with Gasteiger partial charge < -0.3 is 5.32 Å². The van der Waals surface area contributed by atoms with Crippen molar-refractivity contribution in [3.63, 3.8) is 0 Å². The van der Waals surface area contributed by atoms with Gasteiger partial charge in [-0.15, -0.1) is 11.3 Å². The number of hydrogen-bond acceptors (Lipinski definition) is 6. The third kappa shape index (κ3) is 5.34. The number of amides is 1. The summed E-state index contributed by atoms with van der Waals surface area (Å²) in [6.07, 6.45) is 0.171. The molecule has 2 heterocycles. The molecule has 0 fully saturated rings. The molecule has 174 valence electrons. The SMILES string of the molecule is CCS(=O)(=O)c1ccc(CC(=O)Nc2nc3c(s2)CN(Cc2ccccc2)C3C(C)C)cc1. The zero-order chi connectivity index (χ0) is 23.6. The van der Waals surface area contributed by atoms with Gasteiger partial charge in [0.25, 0.3) is 0 Å². The highest BCUT2D eigenvalue weighted by molar-refractivity contribution is 7.91. The van der Waals surface area contributed by atoms with Crippen molar-refractivity contribution in [1.82, 2.24) is 9.88 Å². The molecule has 0 bridgehead atoms. The number of fused-ring (bicyclic) bond motifs is 1. The maximum absolute atomic E-state index is 12.6. The Hall–Kier alpha value is -2.55. The average molecular weight is 484 g/mol. The molecule has 0 radical (unpaired) electrons. The fraction of sp³-hybridized carbons (Fsp3) is 0.360. The van der Waals surface area contributed by atoms with Crippen LogP contribution in [0.5, 0.6) is 0 Å². The highest BCUT2D eigenvalue weighted by Gasteiger charge is 2.36. The fourth-order valence-electron chi connectivity index (χ4n) is 4.26. The molecule has 0 aliphatic carbocycles. The Morgan fingerprint density at radius 2 is 1.82 bits per heavy atom. The number of rotatable bonds is 8. The monoisotopic (exact) mass is 483 g/mol. The summed E-state index contributed by atoms with van der Waals surface area (Å²) in [5.74, 6) is 0.302. The Labute approximate surface area is 199 Å². The van der Waals surface area contributed by atoms with Gasteiger partial charge in [0.1, 0.15) is 0 Å². The molecule has 1 N–H and O–H groups in total. The summed E-state index contributed by atoms with van der Waals surface area (Å²) in [6.45, 7) is 7.73. The number of carbonyl (C=O) groups is 1. The predicted octanol–water partition coefficient (Wildman–Crippen LogP) is 4.83. The van der Waals surface area contributed by atoms with Crippen molar-refractivity contribution in [3.8, 4) is 0 Å². The highest BCUT2D eigenvalue weighted by atomic mass is 32.2. The van der Waals surface area contributed by atoms with Crippen LogP contribution in [0.3, 0.4) is 0 Å². The summed E-state index contributed by atoms with van der Waals surface area (Å²) in [6, 6.07) is 17.2. The zero-order valence-electron chi connectivity index (χ0n) is 19.1. The van der Waals surface area contributed by atoms with Gasteiger partial charge in [-0.05, 0) is 29.2 Å². The quantitative estimate of drug-likeness (QED) is 0.496. The van der Waals surface area contributed by atoms with Crippen molar-refractivity contribution in [2.24, 2.45) is 5.92 Å². The first-order valence-corrected chi connectivity index (χ1v) is 13.6. The van der Waals surface area contributed by atoms with E-state index in [0.717, 1.165) is 24.3 Å². The lowest BCUT2D eigenvalue weighted by Gasteiger charge is -2.27. The first-order chi connectivity index (χ1) is 15.8. The first-order valence-electron chi connectivity index (χ1n) is 11.2. The molecule has 2 aromatic carbocycles. The molecule has 33 heavy (non-hydrogen) atoms. The van der Waals surface area contributed by atoms with Gasteiger partial charge in [-0.1, -0.05) is 63.2 Å². The number of aromatic nitrogens is 1. The third-order valence-electron chi connectivity index (χ3n) is 5.88. The lowest BCUT2D eigenvalue weighted by Crippen LogP contribution is -2.26. The van der Waals surface area contributed by atoms with Crippen LogP contribution in [0, 0.1) is 5.92 Å². The molecule has 0 saturated heterocycles. The van der Waals surface area contributed by atoms with Gasteiger partial charge in [0.15, 0.2) is 15.0 Å². The van der Waals surface area contributed by atoms with E-state index in [9.17, 15) is 13.2 Å². The fourth-order valence-corrected chi connectivity index (χ4v) is 6.18. The van der Waals surface area contributed by atoms with Crippen molar-refractivity contribution < 1.29 is 13.2 Å². The standard InChI is InChI=1S/C25H29N3O3S2/c1-4-33(30,31)20-12-10-18(11-13-20)14-22(29)26-25-27-23-21(32-25)16-28(24(23)17(2)3)15-19-8-6-5-7-9-19/h5-13,17,24H,4,14-16H2,1-3H3,(H,26,27,29). The van der Waals surface area contributed by atoms with E-state index in [1.165, 1.54) is 10.4 Å². The molecule has 1 atom stereocenters. The van der Waals surface area contributed by atoms with E-state index < -0.39 is 9.84 Å². The van der Waals surface area contributed by atoms with Crippen LogP contribution in [0.2, 0.25) is 0 Å². The minimum absolute atomic E-state index is 0.0572. The second-order valence-electron chi connectivity index (χ2n) is 8.68. The summed E-state index contributed by atoms with van der Waals surface area (Å²) >= 11 is 1.54. The van der Waals surface area contributed by atoms with Crippen molar-refractivity contribution in [1.29, 1.82) is 0 Å². The largest absolute Gasteiger partial charge is 0.302 e. The second kappa shape index (κ2) is 9.75. The topological polar surface area (TPSA) is 79.4 Å². The van der Waals surface area contributed by atoms with Crippen LogP contribution in [0.15, 0.2) is 59.5 Å². The van der Waals surface area contributed by atoms with E-state index in [2.05, 4.69) is 48.3 Å². The van der Waals surface area contributed by atoms with E-state index in [-0.39, 0.29) is 29.0 Å². The maximum atomic E-state index is 12.6. The van der Waals surface area contributed by atoms with Crippen molar-refractivity contribution in [2.45, 2.75) is 51.2 Å². The lowest BCUT2D eigenvalue weighted by atomic mass is 10.0. The van der Waals surface area contributed by atoms with Gasteiger partial charge in [-0.3, -0.25) is 9.69 Å². The number of anilines is 1. The number of sulfone groups is 1. The van der Waals surface area contributed by atoms with E-state index in [0.29, 0.717) is 11.0 Å². The maximum Gasteiger partial charge on any atom is 0.230 e. The molecule has 1 aliphatic rings. The molecule has 1 aromatic heterocycles. The van der Waals surface area contributed by atoms with Gasteiger partial charge >= 0.3 is 0 Å². The average Bonchev–Trinajstić information content (AvgIpc) is 3.31. The van der Waals surface area contributed by atoms with E-state index in [4.69, 9.17) is 4.98 Å². The smallest absolute Gasteiger partial charge is 0.230 e. The Bertz CT molecular complexity index is 1220. The van der Waals surface area contributed by atoms with Crippen LogP contribution in [0.4, 0.5) is 5.13 Å². The summed E-state index contributed by atoms with van der Waals surface area (Å²) in [7, 11) is -3.24. The first kappa shape index (κ1) is 23.6. The third-order valence-corrected chi connectivity index (χ3v) is 8.60. The van der Waals surface area contributed by atoms with E-state index in [1.54, 1.807) is 42.5 Å². The van der Waals surface area contributed by atoms with Crippen molar-refractivity contribution >= 4 is 32.2 Å². The van der Waals surface area contributed by atoms with Gasteiger partial charge in [0, 0.05) is 18.0 Å². The summed E-state index contributed by atoms with van der Waals surface area (Å²) in [5, 5.41) is 3.56. The number of hydrogen-bond donors (Lipinski definition) is 1. The molecule has 0 saturated carbocycles. The molecular formula is C25H29N3O3S2. The highest BCUT2D eigenvalue weighted by Crippen LogP contribution is 2.43. The Morgan fingerprint density at radius 3 is 2.45 bits per heavy atom. The Kier molecular flexibility index (Phi) is 6.97. The lowest BCUT2D eigenvalue weighted by molar-refractivity contribution is -0.115. The van der Waals surface area contributed by atoms with E-state index >= 15 is 0 Å². The van der Waals surface area contributed by atoms with E-state index in [1.807, 2.05) is 6.07 Å². The van der Waals surface area contributed by atoms with Crippen molar-refractivity contribution in [2.75, 3.05) is 11.1 Å². The van der Waals surface area contributed by atoms with Crippen LogP contribution in [0.1, 0.15) is 48.5 Å². The summed E-state index contributed by atoms with van der Waals surface area (Å²) in [5.41, 5.74) is 3.11. The molecule has 1 aliphatic heterocycles. The molecule has 1 unspecified atom stereocenters. The van der Waals surface area contributed by atoms with Crippen LogP contribution >= 0.6 is 11.3 Å². The second-order valence-corrected chi connectivity index (χ2v) is 12.0. The number of benzene rings is 2. The molecule has 1 amide bonds. The minimum Gasteiger partial charge on any atom is -0.302 e. The van der Waals surface area contributed by atoms with Crippen molar-refractivity contribution in [3.05, 3.63) is 76.3 Å². The molecule has 3 aromatic rings. The summed E-state index contributed by atoms with van der Waals surface area (Å²) in [4.78, 5) is 21.3. The van der Waals surface area contributed by atoms with Gasteiger partial charge in [0.05, 0.1) is 28.8 Å². The normalized spacial score (nSPS) is 16.2. The van der Waals surface area contributed by atoms with Crippen LogP contribution < -0.4 is 5.32 Å². The number of nitrogens with one attached hydrogen (secondary N) is 1. The molecule has 0 spiro atoms. The number of carbonyl (C=O) groups excluding carboxylic acids is 1. The summed E-state index contributed by atoms with van der Waals surface area (Å²) < 4.78 is 23.9.